The minimum atomic E-state index is -0.581. The van der Waals surface area contributed by atoms with Gasteiger partial charge in [-0.25, -0.2) is 0 Å². The molecule has 0 amide bonds. The summed E-state index contributed by atoms with van der Waals surface area (Å²) in [5.41, 5.74) is 5.71. The van der Waals surface area contributed by atoms with Gasteiger partial charge in [0, 0.05) is 25.6 Å². The van der Waals surface area contributed by atoms with Gasteiger partial charge in [0.2, 0.25) is 0 Å². The number of methoxy groups -OCH3 is 1. The predicted octanol–water partition coefficient (Wildman–Crippen LogP) is -0.0140. The molecule has 0 aromatic carbocycles. The summed E-state index contributed by atoms with van der Waals surface area (Å²) in [6, 6.07) is -0.0807. The molecule has 0 saturated carbocycles. The van der Waals surface area contributed by atoms with E-state index in [0.29, 0.717) is 19.1 Å². The van der Waals surface area contributed by atoms with Crippen molar-refractivity contribution in [3.8, 4) is 0 Å². The lowest BCUT2D eigenvalue weighted by atomic mass is 10.1. The maximum atomic E-state index is 11.2. The topological polar surface area (TPSA) is 64.8 Å². The summed E-state index contributed by atoms with van der Waals surface area (Å²) in [6.07, 6.45) is 0.556. The zero-order valence-corrected chi connectivity index (χ0v) is 10.3. The zero-order chi connectivity index (χ0) is 12.1. The minimum Gasteiger partial charge on any atom is -0.468 e. The standard InChI is InChI=1S/C11H22N2O3/c1-8(2)13-4-5-16-9(7-13)6-10(12)11(14)15-3/h8-10H,4-7,12H2,1-3H3. The first-order valence-electron chi connectivity index (χ1n) is 5.73. The average Bonchev–Trinajstić information content (AvgIpc) is 2.28. The number of hydrogen-bond acceptors (Lipinski definition) is 5. The van der Waals surface area contributed by atoms with Crippen LogP contribution in [-0.2, 0) is 14.3 Å². The fraction of sp³-hybridized carbons (Fsp3) is 0.909. The second kappa shape index (κ2) is 6.18. The van der Waals surface area contributed by atoms with Crippen molar-refractivity contribution < 1.29 is 14.3 Å². The van der Waals surface area contributed by atoms with E-state index in [0.717, 1.165) is 13.1 Å². The Hall–Kier alpha value is -0.650. The molecule has 1 rings (SSSR count). The molecule has 1 saturated heterocycles. The highest BCUT2D eigenvalue weighted by molar-refractivity contribution is 5.75. The van der Waals surface area contributed by atoms with Crippen LogP contribution in [0.4, 0.5) is 0 Å². The first-order chi connectivity index (χ1) is 7.54. The second-order valence-electron chi connectivity index (χ2n) is 4.45. The van der Waals surface area contributed by atoms with Crippen LogP contribution in [0.1, 0.15) is 20.3 Å². The summed E-state index contributed by atoms with van der Waals surface area (Å²) in [4.78, 5) is 13.5. The van der Waals surface area contributed by atoms with E-state index in [1.165, 1.54) is 7.11 Å². The first kappa shape index (κ1) is 13.4. The quantitative estimate of drug-likeness (QED) is 0.688. The fourth-order valence-corrected chi connectivity index (χ4v) is 1.88. The van der Waals surface area contributed by atoms with Crippen molar-refractivity contribution in [1.82, 2.24) is 4.90 Å². The largest absolute Gasteiger partial charge is 0.468 e. The molecule has 0 aromatic heterocycles. The molecule has 0 aliphatic carbocycles. The van der Waals surface area contributed by atoms with Crippen molar-refractivity contribution in [2.24, 2.45) is 5.73 Å². The second-order valence-corrected chi connectivity index (χ2v) is 4.45. The van der Waals surface area contributed by atoms with Crippen molar-refractivity contribution in [3.63, 3.8) is 0 Å². The molecule has 5 nitrogen and oxygen atoms in total. The lowest BCUT2D eigenvalue weighted by Gasteiger charge is -2.36. The Bertz CT molecular complexity index is 233. The molecule has 94 valence electrons. The van der Waals surface area contributed by atoms with Crippen LogP contribution >= 0.6 is 0 Å². The Morgan fingerprint density at radius 3 is 2.88 bits per heavy atom. The van der Waals surface area contributed by atoms with Gasteiger partial charge in [0.25, 0.3) is 0 Å². The van der Waals surface area contributed by atoms with Crippen molar-refractivity contribution in [1.29, 1.82) is 0 Å². The van der Waals surface area contributed by atoms with Gasteiger partial charge in [0.1, 0.15) is 6.04 Å². The number of esters is 1. The third kappa shape index (κ3) is 3.73. The molecule has 0 spiro atoms. The molecule has 1 aliphatic heterocycles. The molecule has 2 unspecified atom stereocenters. The maximum absolute atomic E-state index is 11.2. The Labute approximate surface area is 96.9 Å². The number of carbonyl (C=O) groups is 1. The minimum absolute atomic E-state index is 0.0326. The van der Waals surface area contributed by atoms with E-state index >= 15 is 0 Å². The van der Waals surface area contributed by atoms with Crippen molar-refractivity contribution >= 4 is 5.97 Å². The molecule has 2 atom stereocenters. The summed E-state index contributed by atoms with van der Waals surface area (Å²) in [5, 5.41) is 0. The smallest absolute Gasteiger partial charge is 0.322 e. The van der Waals surface area contributed by atoms with Crippen LogP contribution in [0.25, 0.3) is 0 Å². The molecule has 5 heteroatoms. The fourth-order valence-electron chi connectivity index (χ4n) is 1.88. The van der Waals surface area contributed by atoms with Crippen molar-refractivity contribution in [2.75, 3.05) is 26.8 Å². The molecular weight excluding hydrogens is 208 g/mol. The van der Waals surface area contributed by atoms with Gasteiger partial charge in [0.15, 0.2) is 0 Å². The Morgan fingerprint density at radius 1 is 1.62 bits per heavy atom. The maximum Gasteiger partial charge on any atom is 0.322 e. The van der Waals surface area contributed by atoms with Gasteiger partial charge >= 0.3 is 5.97 Å². The third-order valence-electron chi connectivity index (χ3n) is 2.92. The molecule has 1 fully saturated rings. The molecule has 0 radical (unpaired) electrons. The number of rotatable bonds is 4. The number of nitrogens with two attached hydrogens (primary N) is 1. The monoisotopic (exact) mass is 230 g/mol. The van der Waals surface area contributed by atoms with E-state index in [-0.39, 0.29) is 12.1 Å². The molecule has 1 aliphatic rings. The summed E-state index contributed by atoms with van der Waals surface area (Å²) in [6.45, 7) is 6.80. The van der Waals surface area contributed by atoms with Crippen LogP contribution in [0, 0.1) is 0 Å². The average molecular weight is 230 g/mol. The van der Waals surface area contributed by atoms with E-state index in [4.69, 9.17) is 10.5 Å². The molecular formula is C11H22N2O3. The van der Waals surface area contributed by atoms with Gasteiger partial charge in [0.05, 0.1) is 19.8 Å². The van der Waals surface area contributed by atoms with Crippen molar-refractivity contribution in [2.45, 2.75) is 38.5 Å². The van der Waals surface area contributed by atoms with E-state index < -0.39 is 6.04 Å². The van der Waals surface area contributed by atoms with Crippen LogP contribution in [0.15, 0.2) is 0 Å². The van der Waals surface area contributed by atoms with Gasteiger partial charge in [-0.05, 0) is 13.8 Å². The van der Waals surface area contributed by atoms with E-state index in [2.05, 4.69) is 23.5 Å². The summed E-state index contributed by atoms with van der Waals surface area (Å²) < 4.78 is 10.2. The molecule has 1 heterocycles. The van der Waals surface area contributed by atoms with Crippen LogP contribution in [0.2, 0.25) is 0 Å². The number of carbonyl (C=O) groups excluding carboxylic acids is 1. The van der Waals surface area contributed by atoms with Gasteiger partial charge < -0.3 is 15.2 Å². The SMILES string of the molecule is COC(=O)C(N)CC1CN(C(C)C)CCO1. The van der Waals surface area contributed by atoms with Crippen molar-refractivity contribution in [3.05, 3.63) is 0 Å². The normalized spacial score (nSPS) is 24.4. The van der Waals surface area contributed by atoms with Crippen LogP contribution in [-0.4, -0.2) is 55.9 Å². The van der Waals surface area contributed by atoms with E-state index in [1.807, 2.05) is 0 Å². The first-order valence-corrected chi connectivity index (χ1v) is 5.73. The summed E-state index contributed by atoms with van der Waals surface area (Å²) in [7, 11) is 1.35. The van der Waals surface area contributed by atoms with Gasteiger partial charge in [-0.15, -0.1) is 0 Å². The van der Waals surface area contributed by atoms with Crippen LogP contribution in [0.5, 0.6) is 0 Å². The molecule has 0 bridgehead atoms. The summed E-state index contributed by atoms with van der Waals surface area (Å²) >= 11 is 0. The summed E-state index contributed by atoms with van der Waals surface area (Å²) in [5.74, 6) is -0.370. The van der Waals surface area contributed by atoms with Gasteiger partial charge in [-0.1, -0.05) is 0 Å². The highest BCUT2D eigenvalue weighted by Crippen LogP contribution is 2.12. The van der Waals surface area contributed by atoms with E-state index in [9.17, 15) is 4.79 Å². The van der Waals surface area contributed by atoms with Gasteiger partial charge in [-0.3, -0.25) is 9.69 Å². The van der Waals surface area contributed by atoms with Crippen LogP contribution < -0.4 is 5.73 Å². The number of hydrogen-bond donors (Lipinski definition) is 1. The van der Waals surface area contributed by atoms with Crippen LogP contribution in [0.3, 0.4) is 0 Å². The third-order valence-corrected chi connectivity index (χ3v) is 2.92. The number of ether oxygens (including phenoxy) is 2. The predicted molar refractivity (Wildman–Crippen MR) is 61.1 cm³/mol. The Balaban J connectivity index is 2.39. The molecule has 0 aromatic rings. The molecule has 16 heavy (non-hydrogen) atoms. The number of nitrogens with zero attached hydrogens (tertiary/aromatic N) is 1. The highest BCUT2D eigenvalue weighted by Gasteiger charge is 2.26. The Morgan fingerprint density at radius 2 is 2.31 bits per heavy atom. The lowest BCUT2D eigenvalue weighted by molar-refractivity contribution is -0.143. The Kier molecular flexibility index (Phi) is 5.18. The molecule has 2 N–H and O–H groups in total. The van der Waals surface area contributed by atoms with E-state index in [1.54, 1.807) is 0 Å². The zero-order valence-electron chi connectivity index (χ0n) is 10.3. The number of morpholine rings is 1. The lowest BCUT2D eigenvalue weighted by Crippen LogP contribution is -2.48. The van der Waals surface area contributed by atoms with Gasteiger partial charge in [-0.2, -0.15) is 0 Å². The highest BCUT2D eigenvalue weighted by atomic mass is 16.5.